The number of aryl methyl sites for hydroxylation is 1. The predicted molar refractivity (Wildman–Crippen MR) is 86.5 cm³/mol. The van der Waals surface area contributed by atoms with Crippen LogP contribution in [-0.4, -0.2) is 16.9 Å². The number of hydrogen-bond donors (Lipinski definition) is 2. The van der Waals surface area contributed by atoms with Crippen LogP contribution in [0, 0.1) is 0 Å². The van der Waals surface area contributed by atoms with Gasteiger partial charge in [0.25, 0.3) is 0 Å². The molecule has 0 bridgehead atoms. The van der Waals surface area contributed by atoms with Crippen molar-refractivity contribution in [1.82, 2.24) is 4.98 Å². The van der Waals surface area contributed by atoms with Crippen LogP contribution in [0.4, 0.5) is 5.13 Å². The van der Waals surface area contributed by atoms with Crippen LogP contribution < -0.4 is 11.1 Å². The summed E-state index contributed by atoms with van der Waals surface area (Å²) in [4.78, 5) is 15.9. The van der Waals surface area contributed by atoms with Crippen molar-refractivity contribution in [3.05, 3.63) is 35.2 Å². The van der Waals surface area contributed by atoms with Crippen molar-refractivity contribution in [2.45, 2.75) is 26.3 Å². The van der Waals surface area contributed by atoms with E-state index in [4.69, 9.17) is 5.73 Å². The zero-order chi connectivity index (χ0) is 13.8. The van der Waals surface area contributed by atoms with E-state index in [-0.39, 0.29) is 18.3 Å². The molecule has 1 heterocycles. The molecule has 0 unspecified atom stereocenters. The van der Waals surface area contributed by atoms with Crippen LogP contribution in [0.25, 0.3) is 11.3 Å². The fraction of sp³-hybridized carbons (Fsp3) is 0.286. The van der Waals surface area contributed by atoms with Crippen LogP contribution in [0.1, 0.15) is 19.4 Å². The summed E-state index contributed by atoms with van der Waals surface area (Å²) in [5, 5.41) is 5.21. The fourth-order valence-electron chi connectivity index (χ4n) is 1.59. The van der Waals surface area contributed by atoms with Crippen molar-refractivity contribution in [2.75, 3.05) is 5.32 Å². The molecular formula is C14H18ClN3OS. The molecule has 0 saturated carbocycles. The molecule has 108 valence electrons. The second-order valence-electron chi connectivity index (χ2n) is 4.37. The van der Waals surface area contributed by atoms with E-state index in [1.165, 1.54) is 16.9 Å². The summed E-state index contributed by atoms with van der Waals surface area (Å²) in [5.41, 5.74) is 8.71. The first-order valence-electron chi connectivity index (χ1n) is 6.21. The lowest BCUT2D eigenvalue weighted by Crippen LogP contribution is -2.32. The van der Waals surface area contributed by atoms with Gasteiger partial charge in [-0.2, -0.15) is 0 Å². The summed E-state index contributed by atoms with van der Waals surface area (Å²) in [7, 11) is 0. The Morgan fingerprint density at radius 1 is 1.40 bits per heavy atom. The molecule has 1 aromatic heterocycles. The average molecular weight is 312 g/mol. The smallest absolute Gasteiger partial charge is 0.242 e. The van der Waals surface area contributed by atoms with Gasteiger partial charge in [-0.3, -0.25) is 4.79 Å². The van der Waals surface area contributed by atoms with E-state index in [1.54, 1.807) is 6.92 Å². The minimum Gasteiger partial charge on any atom is -0.320 e. The zero-order valence-corrected chi connectivity index (χ0v) is 13.1. The second kappa shape index (κ2) is 7.38. The van der Waals surface area contributed by atoms with Crippen LogP contribution in [-0.2, 0) is 11.2 Å². The van der Waals surface area contributed by atoms with E-state index in [0.29, 0.717) is 5.13 Å². The molecule has 0 saturated heterocycles. The third-order valence-corrected chi connectivity index (χ3v) is 3.56. The van der Waals surface area contributed by atoms with E-state index in [9.17, 15) is 4.79 Å². The zero-order valence-electron chi connectivity index (χ0n) is 11.4. The molecule has 2 rings (SSSR count). The number of halogens is 1. The van der Waals surface area contributed by atoms with E-state index >= 15 is 0 Å². The highest BCUT2D eigenvalue weighted by molar-refractivity contribution is 7.14. The molecule has 0 radical (unpaired) electrons. The van der Waals surface area contributed by atoms with Crippen molar-refractivity contribution < 1.29 is 4.79 Å². The van der Waals surface area contributed by atoms with Gasteiger partial charge in [0.2, 0.25) is 5.91 Å². The minimum atomic E-state index is -0.531. The molecule has 4 nitrogen and oxygen atoms in total. The van der Waals surface area contributed by atoms with Gasteiger partial charge in [-0.05, 0) is 18.9 Å². The maximum atomic E-state index is 11.5. The first-order valence-corrected chi connectivity index (χ1v) is 7.09. The maximum Gasteiger partial charge on any atom is 0.242 e. The summed E-state index contributed by atoms with van der Waals surface area (Å²) in [6.07, 6.45) is 1.02. The molecule has 1 aromatic carbocycles. The number of benzene rings is 1. The van der Waals surface area contributed by atoms with Gasteiger partial charge in [0.05, 0.1) is 11.7 Å². The number of anilines is 1. The second-order valence-corrected chi connectivity index (χ2v) is 5.22. The van der Waals surface area contributed by atoms with Gasteiger partial charge in [-0.15, -0.1) is 23.7 Å². The number of rotatable bonds is 4. The molecule has 2 aromatic rings. The Kier molecular flexibility index (Phi) is 6.13. The molecule has 3 N–H and O–H groups in total. The molecule has 0 aliphatic rings. The van der Waals surface area contributed by atoms with Crippen LogP contribution in [0.2, 0.25) is 0 Å². The number of nitrogens with two attached hydrogens (primary N) is 1. The Labute approximate surface area is 128 Å². The number of aromatic nitrogens is 1. The van der Waals surface area contributed by atoms with E-state index in [1.807, 2.05) is 17.5 Å². The Balaban J connectivity index is 0.00000200. The summed E-state index contributed by atoms with van der Waals surface area (Å²) in [6.45, 7) is 3.77. The van der Waals surface area contributed by atoms with Crippen molar-refractivity contribution in [3.63, 3.8) is 0 Å². The van der Waals surface area contributed by atoms with Gasteiger partial charge >= 0.3 is 0 Å². The maximum absolute atomic E-state index is 11.5. The quantitative estimate of drug-likeness (QED) is 0.911. The fourth-order valence-corrected chi connectivity index (χ4v) is 2.32. The number of nitrogens with zero attached hydrogens (tertiary/aromatic N) is 1. The van der Waals surface area contributed by atoms with Gasteiger partial charge in [-0.1, -0.05) is 31.2 Å². The summed E-state index contributed by atoms with van der Waals surface area (Å²) in [5.74, 6) is -0.220. The lowest BCUT2D eigenvalue weighted by molar-refractivity contribution is -0.117. The van der Waals surface area contributed by atoms with Crippen molar-refractivity contribution in [2.24, 2.45) is 5.73 Å². The van der Waals surface area contributed by atoms with Crippen molar-refractivity contribution >= 4 is 34.8 Å². The number of thiazole rings is 1. The first kappa shape index (κ1) is 16.6. The van der Waals surface area contributed by atoms with Gasteiger partial charge in [0.15, 0.2) is 5.13 Å². The van der Waals surface area contributed by atoms with Crippen LogP contribution in [0.15, 0.2) is 29.6 Å². The first-order chi connectivity index (χ1) is 9.10. The standard InChI is InChI=1S/C14H17N3OS.ClH/c1-3-10-4-6-11(7-5-10)12-8-19-14(16-12)17-13(18)9(2)15;/h4-9H,3,15H2,1-2H3,(H,16,17,18);1H/t9-;/m1./s1. The third-order valence-electron chi connectivity index (χ3n) is 2.81. The molecular weight excluding hydrogens is 294 g/mol. The number of amides is 1. The number of carbonyl (C=O) groups is 1. The largest absolute Gasteiger partial charge is 0.320 e. The van der Waals surface area contributed by atoms with Gasteiger partial charge in [0.1, 0.15) is 0 Å². The highest BCUT2D eigenvalue weighted by atomic mass is 35.5. The van der Waals surface area contributed by atoms with E-state index < -0.39 is 6.04 Å². The molecule has 0 spiro atoms. The van der Waals surface area contributed by atoms with Gasteiger partial charge in [-0.25, -0.2) is 4.98 Å². The lowest BCUT2D eigenvalue weighted by Gasteiger charge is -2.03. The summed E-state index contributed by atoms with van der Waals surface area (Å²) >= 11 is 1.40. The Bertz CT molecular complexity index is 566. The summed E-state index contributed by atoms with van der Waals surface area (Å²) in [6, 6.07) is 7.75. The van der Waals surface area contributed by atoms with Gasteiger partial charge in [0, 0.05) is 10.9 Å². The molecule has 20 heavy (non-hydrogen) atoms. The van der Waals surface area contributed by atoms with Crippen molar-refractivity contribution in [1.29, 1.82) is 0 Å². The average Bonchev–Trinajstić information content (AvgIpc) is 2.87. The van der Waals surface area contributed by atoms with E-state index in [2.05, 4.69) is 29.4 Å². The number of nitrogens with one attached hydrogen (secondary N) is 1. The normalized spacial score (nSPS) is 11.6. The molecule has 6 heteroatoms. The molecule has 1 atom stereocenters. The molecule has 1 amide bonds. The Morgan fingerprint density at radius 3 is 2.60 bits per heavy atom. The summed E-state index contributed by atoms with van der Waals surface area (Å²) < 4.78 is 0. The number of hydrogen-bond acceptors (Lipinski definition) is 4. The van der Waals surface area contributed by atoms with Crippen molar-refractivity contribution in [3.8, 4) is 11.3 Å². The monoisotopic (exact) mass is 311 g/mol. The third kappa shape index (κ3) is 4.03. The Hall–Kier alpha value is -1.43. The highest BCUT2D eigenvalue weighted by Gasteiger charge is 2.10. The van der Waals surface area contributed by atoms with E-state index in [0.717, 1.165) is 17.7 Å². The van der Waals surface area contributed by atoms with Crippen LogP contribution >= 0.6 is 23.7 Å². The van der Waals surface area contributed by atoms with Crippen LogP contribution in [0.3, 0.4) is 0 Å². The number of carbonyl (C=O) groups excluding carboxylic acids is 1. The molecule has 0 aliphatic heterocycles. The SMILES string of the molecule is CCc1ccc(-c2csc(NC(=O)[C@@H](C)N)n2)cc1.Cl. The lowest BCUT2D eigenvalue weighted by atomic mass is 10.1. The molecule has 0 fully saturated rings. The Morgan fingerprint density at radius 2 is 2.05 bits per heavy atom. The predicted octanol–water partition coefficient (Wildman–Crippen LogP) is 3.08. The minimum absolute atomic E-state index is 0. The topological polar surface area (TPSA) is 68.0 Å². The van der Waals surface area contributed by atoms with Crippen LogP contribution in [0.5, 0.6) is 0 Å². The molecule has 0 aliphatic carbocycles. The highest BCUT2D eigenvalue weighted by Crippen LogP contribution is 2.25. The van der Waals surface area contributed by atoms with Gasteiger partial charge < -0.3 is 11.1 Å².